The molecule has 0 bridgehead atoms. The predicted molar refractivity (Wildman–Crippen MR) is 105 cm³/mol. The maximum atomic E-state index is 11.9. The molecule has 4 amide bonds. The summed E-state index contributed by atoms with van der Waals surface area (Å²) in [5.74, 6) is -2.20. The number of hydrogen-bond acceptors (Lipinski definition) is 6. The van der Waals surface area contributed by atoms with Crippen molar-refractivity contribution < 1.29 is 33.8 Å². The number of halogens is 1. The van der Waals surface area contributed by atoms with Gasteiger partial charge in [0.15, 0.2) is 11.5 Å². The summed E-state index contributed by atoms with van der Waals surface area (Å²) in [6.07, 6.45) is 1.26. The van der Waals surface area contributed by atoms with Gasteiger partial charge >= 0.3 is 12.0 Å². The third-order valence-electron chi connectivity index (χ3n) is 4.09. The lowest BCUT2D eigenvalue weighted by Gasteiger charge is -2.15. The van der Waals surface area contributed by atoms with Crippen LogP contribution in [-0.4, -0.2) is 36.0 Å². The van der Waals surface area contributed by atoms with Crippen LogP contribution < -0.4 is 20.1 Å². The maximum Gasteiger partial charge on any atom is 0.335 e. The molecular formula is C20H15ClN2O7. The molecule has 0 aromatic heterocycles. The number of rotatable bonds is 6. The van der Waals surface area contributed by atoms with E-state index in [0.717, 1.165) is 0 Å². The Morgan fingerprint density at radius 2 is 1.73 bits per heavy atom. The predicted octanol–water partition coefficient (Wildman–Crippen LogP) is 2.38. The molecule has 2 aromatic rings. The summed E-state index contributed by atoms with van der Waals surface area (Å²) in [6.45, 7) is 0.101. The molecule has 0 saturated carbocycles. The van der Waals surface area contributed by atoms with E-state index in [2.05, 4.69) is 0 Å². The van der Waals surface area contributed by atoms with Crippen LogP contribution in [0.2, 0.25) is 5.02 Å². The van der Waals surface area contributed by atoms with Crippen molar-refractivity contribution in [2.45, 2.75) is 6.61 Å². The van der Waals surface area contributed by atoms with Crippen LogP contribution in [0.25, 0.3) is 6.08 Å². The summed E-state index contributed by atoms with van der Waals surface area (Å²) in [5, 5.41) is 13.1. The van der Waals surface area contributed by atoms with E-state index in [1.807, 2.05) is 10.6 Å². The molecule has 3 N–H and O–H groups in total. The monoisotopic (exact) mass is 430 g/mol. The molecule has 3 rings (SSSR count). The smallest absolute Gasteiger partial charge is 0.335 e. The van der Waals surface area contributed by atoms with Crippen molar-refractivity contribution >= 4 is 41.5 Å². The van der Waals surface area contributed by atoms with Crippen LogP contribution >= 0.6 is 11.6 Å². The molecule has 30 heavy (non-hydrogen) atoms. The summed E-state index contributed by atoms with van der Waals surface area (Å²) in [7, 11) is 1.40. The number of carboxylic acid groups (broad SMARTS) is 1. The molecular weight excluding hydrogens is 416 g/mol. The molecule has 0 spiro atoms. The fourth-order valence-corrected chi connectivity index (χ4v) is 2.91. The molecule has 2 aromatic carbocycles. The Morgan fingerprint density at radius 3 is 2.30 bits per heavy atom. The molecule has 154 valence electrons. The third-order valence-corrected chi connectivity index (χ3v) is 4.37. The van der Waals surface area contributed by atoms with Gasteiger partial charge in [0.25, 0.3) is 11.8 Å². The normalized spacial score (nSPS) is 13.4. The Morgan fingerprint density at radius 1 is 1.10 bits per heavy atom. The molecule has 1 aliphatic rings. The zero-order chi connectivity index (χ0) is 21.8. The first-order valence-electron chi connectivity index (χ1n) is 8.49. The van der Waals surface area contributed by atoms with Gasteiger partial charge in [0, 0.05) is 0 Å². The van der Waals surface area contributed by atoms with Crippen LogP contribution in [0.4, 0.5) is 4.79 Å². The highest BCUT2D eigenvalue weighted by molar-refractivity contribution is 6.33. The Bertz CT molecular complexity index is 1060. The number of ether oxygens (including phenoxy) is 2. The van der Waals surface area contributed by atoms with E-state index < -0.39 is 23.8 Å². The molecule has 1 fully saturated rings. The number of imide groups is 2. The van der Waals surface area contributed by atoms with Gasteiger partial charge in [0.1, 0.15) is 12.2 Å². The van der Waals surface area contributed by atoms with E-state index >= 15 is 0 Å². The molecule has 0 unspecified atom stereocenters. The molecule has 9 nitrogen and oxygen atoms in total. The molecule has 1 aliphatic heterocycles. The molecule has 10 heteroatoms. The van der Waals surface area contributed by atoms with E-state index in [9.17, 15) is 19.2 Å². The summed E-state index contributed by atoms with van der Waals surface area (Å²) >= 11 is 6.29. The van der Waals surface area contributed by atoms with Gasteiger partial charge in [-0.2, -0.15) is 0 Å². The van der Waals surface area contributed by atoms with Crippen molar-refractivity contribution in [2.24, 2.45) is 0 Å². The van der Waals surface area contributed by atoms with Gasteiger partial charge < -0.3 is 14.6 Å². The lowest BCUT2D eigenvalue weighted by Crippen LogP contribution is -2.51. The lowest BCUT2D eigenvalue weighted by molar-refractivity contribution is -0.123. The Labute approximate surface area is 175 Å². The number of carboxylic acids is 1. The average molecular weight is 431 g/mol. The second-order valence-corrected chi connectivity index (χ2v) is 6.53. The number of nitrogens with one attached hydrogen (secondary N) is 2. The van der Waals surface area contributed by atoms with Crippen LogP contribution in [0.1, 0.15) is 21.5 Å². The first-order chi connectivity index (χ1) is 14.3. The van der Waals surface area contributed by atoms with E-state index in [0.29, 0.717) is 11.1 Å². The third kappa shape index (κ3) is 4.58. The fourth-order valence-electron chi connectivity index (χ4n) is 2.64. The standard InChI is InChI=1S/C20H15ClN2O7/c1-29-15-8-11(6-13-17(24)22-20(28)23-18(13)25)7-14(21)16(15)30-9-10-2-4-12(5-3-10)19(26)27/h2-8H,9H2,1H3,(H,26,27)(H2,22,23,24,25,28). The van der Waals surface area contributed by atoms with E-state index in [-0.39, 0.29) is 34.3 Å². The minimum absolute atomic E-state index is 0.101. The van der Waals surface area contributed by atoms with Crippen molar-refractivity contribution in [1.29, 1.82) is 0 Å². The van der Waals surface area contributed by atoms with Gasteiger partial charge in [-0.05, 0) is 41.5 Å². The van der Waals surface area contributed by atoms with Crippen molar-refractivity contribution in [3.63, 3.8) is 0 Å². The number of methoxy groups -OCH3 is 1. The number of hydrogen-bond donors (Lipinski definition) is 3. The van der Waals surface area contributed by atoms with Crippen molar-refractivity contribution in [2.75, 3.05) is 7.11 Å². The Kier molecular flexibility index (Phi) is 6.03. The first-order valence-corrected chi connectivity index (χ1v) is 8.87. The van der Waals surface area contributed by atoms with Gasteiger partial charge in [-0.1, -0.05) is 23.7 Å². The van der Waals surface area contributed by atoms with Gasteiger partial charge in [-0.25, -0.2) is 9.59 Å². The quantitative estimate of drug-likeness (QED) is 0.473. The number of urea groups is 1. The van der Waals surface area contributed by atoms with Gasteiger partial charge in [-0.3, -0.25) is 20.2 Å². The highest BCUT2D eigenvalue weighted by Gasteiger charge is 2.28. The Hall–Kier alpha value is -3.85. The number of amides is 4. The van der Waals surface area contributed by atoms with Crippen LogP contribution in [-0.2, 0) is 16.2 Å². The van der Waals surface area contributed by atoms with Crippen molar-refractivity contribution in [3.05, 3.63) is 63.7 Å². The number of barbiturate groups is 1. The maximum absolute atomic E-state index is 11.9. The van der Waals surface area contributed by atoms with Gasteiger partial charge in [0.2, 0.25) is 0 Å². The minimum Gasteiger partial charge on any atom is -0.493 e. The summed E-state index contributed by atoms with van der Waals surface area (Å²) in [5.41, 5.74) is 0.985. The average Bonchev–Trinajstić information content (AvgIpc) is 2.69. The largest absolute Gasteiger partial charge is 0.493 e. The second kappa shape index (κ2) is 8.66. The topological polar surface area (TPSA) is 131 Å². The number of carbonyl (C=O) groups is 4. The molecule has 1 heterocycles. The first kappa shape index (κ1) is 20.9. The number of carbonyl (C=O) groups excluding carboxylic acids is 3. The van der Waals surface area contributed by atoms with Crippen LogP contribution in [0.15, 0.2) is 42.0 Å². The van der Waals surface area contributed by atoms with Gasteiger partial charge in [-0.15, -0.1) is 0 Å². The number of aromatic carboxylic acids is 1. The zero-order valence-electron chi connectivity index (χ0n) is 15.5. The Balaban J connectivity index is 1.83. The molecule has 0 radical (unpaired) electrons. The van der Waals surface area contributed by atoms with Crippen LogP contribution in [0, 0.1) is 0 Å². The summed E-state index contributed by atoms with van der Waals surface area (Å²) in [6, 6.07) is 8.24. The SMILES string of the molecule is COc1cc(C=C2C(=O)NC(=O)NC2=O)cc(Cl)c1OCc1ccc(C(=O)O)cc1. The molecule has 1 saturated heterocycles. The summed E-state index contributed by atoms with van der Waals surface area (Å²) < 4.78 is 11.0. The highest BCUT2D eigenvalue weighted by atomic mass is 35.5. The lowest BCUT2D eigenvalue weighted by atomic mass is 10.1. The highest BCUT2D eigenvalue weighted by Crippen LogP contribution is 2.37. The van der Waals surface area contributed by atoms with E-state index in [1.54, 1.807) is 12.1 Å². The van der Waals surface area contributed by atoms with E-state index in [1.165, 1.54) is 37.5 Å². The zero-order valence-corrected chi connectivity index (χ0v) is 16.3. The summed E-state index contributed by atoms with van der Waals surface area (Å²) in [4.78, 5) is 45.8. The van der Waals surface area contributed by atoms with Gasteiger partial charge in [0.05, 0.1) is 17.7 Å². The fraction of sp³-hybridized carbons (Fsp3) is 0.100. The molecule has 0 atom stereocenters. The van der Waals surface area contributed by atoms with Crippen LogP contribution in [0.5, 0.6) is 11.5 Å². The second-order valence-electron chi connectivity index (χ2n) is 6.12. The molecule has 0 aliphatic carbocycles. The van der Waals surface area contributed by atoms with Crippen molar-refractivity contribution in [3.8, 4) is 11.5 Å². The minimum atomic E-state index is -1.03. The number of benzene rings is 2. The van der Waals surface area contributed by atoms with Crippen molar-refractivity contribution in [1.82, 2.24) is 10.6 Å². The van der Waals surface area contributed by atoms with Crippen LogP contribution in [0.3, 0.4) is 0 Å². The van der Waals surface area contributed by atoms with E-state index in [4.69, 9.17) is 26.2 Å².